The van der Waals surface area contributed by atoms with Crippen molar-refractivity contribution >= 4 is 24.2 Å². The van der Waals surface area contributed by atoms with Gasteiger partial charge in [-0.15, -0.1) is 0 Å². The van der Waals surface area contributed by atoms with Gasteiger partial charge in [0.2, 0.25) is 0 Å². The molecule has 0 aromatic carbocycles. The van der Waals surface area contributed by atoms with E-state index < -0.39 is 0 Å². The fourth-order valence-corrected chi connectivity index (χ4v) is 0.946. The quantitative estimate of drug-likeness (QED) is 0.532. The van der Waals surface area contributed by atoms with Crippen LogP contribution in [0.4, 0.5) is 0 Å². The zero-order valence-corrected chi connectivity index (χ0v) is 5.34. The fourth-order valence-electron chi connectivity index (χ4n) is 0.278. The van der Waals surface area contributed by atoms with E-state index in [9.17, 15) is 0 Å². The molecule has 1 rings (SSSR count). The second-order valence-corrected chi connectivity index (χ2v) is 2.50. The van der Waals surface area contributed by atoms with Gasteiger partial charge in [0.25, 0.3) is 0 Å². The lowest BCUT2D eigenvalue weighted by Crippen LogP contribution is -1.68. The average Bonchev–Trinajstić information content (AvgIpc) is 1.87. The van der Waals surface area contributed by atoms with Crippen molar-refractivity contribution in [2.75, 3.05) is 0 Å². The van der Waals surface area contributed by atoms with Gasteiger partial charge in [0.1, 0.15) is 5.82 Å². The molecular weight excluding hydrogens is 128 g/mol. The summed E-state index contributed by atoms with van der Waals surface area (Å²) in [7, 11) is 0. The molecule has 2 nitrogen and oxygen atoms in total. The SMILES string of the molecule is Cc1nsc([S])n1. The van der Waals surface area contributed by atoms with Gasteiger partial charge in [-0.1, -0.05) is 0 Å². The second-order valence-electron chi connectivity index (χ2n) is 1.11. The molecule has 0 saturated heterocycles. The molecule has 0 amide bonds. The van der Waals surface area contributed by atoms with Gasteiger partial charge in [-0.3, -0.25) is 0 Å². The summed E-state index contributed by atoms with van der Waals surface area (Å²) in [6.07, 6.45) is 0. The van der Waals surface area contributed by atoms with E-state index in [-0.39, 0.29) is 0 Å². The summed E-state index contributed by atoms with van der Waals surface area (Å²) in [5.74, 6) is 0.773. The smallest absolute Gasteiger partial charge is 0.200 e. The zero-order chi connectivity index (χ0) is 5.28. The third-order valence-corrected chi connectivity index (χ3v) is 1.43. The van der Waals surface area contributed by atoms with E-state index in [4.69, 9.17) is 0 Å². The molecule has 37 valence electrons. The van der Waals surface area contributed by atoms with E-state index in [1.807, 2.05) is 6.92 Å². The maximum atomic E-state index is 4.68. The molecule has 0 unspecified atom stereocenters. The molecule has 1 aromatic rings. The molecule has 0 saturated carbocycles. The van der Waals surface area contributed by atoms with Crippen molar-refractivity contribution in [2.24, 2.45) is 0 Å². The van der Waals surface area contributed by atoms with Gasteiger partial charge < -0.3 is 0 Å². The molecule has 0 bridgehead atoms. The average molecular weight is 131 g/mol. The Bertz CT molecular complexity index is 143. The Morgan fingerprint density at radius 1 is 1.71 bits per heavy atom. The lowest BCUT2D eigenvalue weighted by atomic mass is 10.8. The minimum absolute atomic E-state index is 0.623. The van der Waals surface area contributed by atoms with Crippen LogP contribution >= 0.6 is 24.2 Å². The highest BCUT2D eigenvalue weighted by molar-refractivity contribution is 7.82. The number of aryl methyl sites for hydroxylation is 1. The minimum Gasteiger partial charge on any atom is -0.209 e. The van der Waals surface area contributed by atoms with Crippen LogP contribution in [-0.4, -0.2) is 9.36 Å². The Kier molecular flexibility index (Phi) is 1.21. The number of aromatic nitrogens is 2. The second kappa shape index (κ2) is 1.71. The molecule has 0 fully saturated rings. The van der Waals surface area contributed by atoms with Crippen molar-refractivity contribution in [3.8, 4) is 0 Å². The molecule has 0 atom stereocenters. The number of hydrogen-bond donors (Lipinski definition) is 0. The summed E-state index contributed by atoms with van der Waals surface area (Å²) in [6.45, 7) is 1.83. The van der Waals surface area contributed by atoms with Crippen LogP contribution in [0.5, 0.6) is 0 Å². The number of rotatable bonds is 0. The molecule has 1 heterocycles. The lowest BCUT2D eigenvalue weighted by molar-refractivity contribution is 1.10. The minimum atomic E-state index is 0.623. The van der Waals surface area contributed by atoms with Crippen LogP contribution in [0.25, 0.3) is 0 Å². The summed E-state index contributed by atoms with van der Waals surface area (Å²) >= 11 is 5.94. The highest BCUT2D eigenvalue weighted by Crippen LogP contribution is 2.06. The fraction of sp³-hybridized carbons (Fsp3) is 0.333. The lowest BCUT2D eigenvalue weighted by Gasteiger charge is -1.65. The monoisotopic (exact) mass is 131 g/mol. The van der Waals surface area contributed by atoms with Crippen LogP contribution in [0.1, 0.15) is 5.82 Å². The molecule has 0 N–H and O–H groups in total. The summed E-state index contributed by atoms with van der Waals surface area (Å²) in [5.41, 5.74) is 0. The van der Waals surface area contributed by atoms with Crippen molar-refractivity contribution in [3.05, 3.63) is 5.82 Å². The van der Waals surface area contributed by atoms with E-state index in [1.165, 1.54) is 11.5 Å². The highest BCUT2D eigenvalue weighted by Gasteiger charge is 1.90. The first kappa shape index (κ1) is 4.93. The van der Waals surface area contributed by atoms with Crippen LogP contribution in [0.3, 0.4) is 0 Å². The van der Waals surface area contributed by atoms with Gasteiger partial charge >= 0.3 is 0 Å². The topological polar surface area (TPSA) is 25.8 Å². The van der Waals surface area contributed by atoms with Crippen molar-refractivity contribution in [3.63, 3.8) is 0 Å². The van der Waals surface area contributed by atoms with Gasteiger partial charge in [0, 0.05) is 0 Å². The Hall–Kier alpha value is -0.220. The predicted octanol–water partition coefficient (Wildman–Crippen LogP) is 1.40. The molecule has 0 spiro atoms. The van der Waals surface area contributed by atoms with Crippen LogP contribution in [-0.2, 0) is 0 Å². The zero-order valence-electron chi connectivity index (χ0n) is 3.71. The Morgan fingerprint density at radius 3 is 2.57 bits per heavy atom. The maximum absolute atomic E-state index is 4.68. The van der Waals surface area contributed by atoms with Gasteiger partial charge in [0.05, 0.1) is 0 Å². The first-order valence-corrected chi connectivity index (χ1v) is 2.94. The first-order chi connectivity index (χ1) is 3.29. The normalized spacial score (nSPS) is 9.29. The van der Waals surface area contributed by atoms with Crippen LogP contribution in [0.15, 0.2) is 4.34 Å². The van der Waals surface area contributed by atoms with Crippen LogP contribution in [0.2, 0.25) is 0 Å². The van der Waals surface area contributed by atoms with E-state index >= 15 is 0 Å². The highest BCUT2D eigenvalue weighted by atomic mass is 32.2. The summed E-state index contributed by atoms with van der Waals surface area (Å²) in [6, 6.07) is 0. The van der Waals surface area contributed by atoms with Crippen LogP contribution < -0.4 is 0 Å². The van der Waals surface area contributed by atoms with E-state index in [0.717, 1.165) is 5.82 Å². The van der Waals surface area contributed by atoms with Crippen molar-refractivity contribution in [1.82, 2.24) is 9.36 Å². The van der Waals surface area contributed by atoms with E-state index in [1.54, 1.807) is 0 Å². The van der Waals surface area contributed by atoms with Gasteiger partial charge in [-0.2, -0.15) is 4.37 Å². The van der Waals surface area contributed by atoms with E-state index in [2.05, 4.69) is 22.0 Å². The Labute approximate surface area is 51.2 Å². The summed E-state index contributed by atoms with van der Waals surface area (Å²) in [4.78, 5) is 3.83. The van der Waals surface area contributed by atoms with Gasteiger partial charge in [-0.25, -0.2) is 4.98 Å². The first-order valence-electron chi connectivity index (χ1n) is 1.76. The Balaban J connectivity index is 3.04. The molecule has 1 aromatic heterocycles. The van der Waals surface area contributed by atoms with Crippen LogP contribution in [0, 0.1) is 6.92 Å². The molecule has 4 heteroatoms. The third kappa shape index (κ3) is 1.07. The van der Waals surface area contributed by atoms with E-state index in [0.29, 0.717) is 4.34 Å². The van der Waals surface area contributed by atoms with Crippen molar-refractivity contribution in [2.45, 2.75) is 11.3 Å². The molecule has 7 heavy (non-hydrogen) atoms. The molecule has 0 aliphatic heterocycles. The number of nitrogens with zero attached hydrogens (tertiary/aromatic N) is 2. The largest absolute Gasteiger partial charge is 0.209 e. The predicted molar refractivity (Wildman–Crippen MR) is 30.5 cm³/mol. The van der Waals surface area contributed by atoms with Gasteiger partial charge in [-0.05, 0) is 31.1 Å². The van der Waals surface area contributed by atoms with Gasteiger partial charge in [0.15, 0.2) is 4.34 Å². The molecular formula is C3H3N2S2. The summed E-state index contributed by atoms with van der Waals surface area (Å²) in [5, 5.41) is 0. The number of hydrogen-bond acceptors (Lipinski definition) is 3. The molecule has 1 radical (unpaired) electrons. The van der Waals surface area contributed by atoms with Crippen molar-refractivity contribution in [1.29, 1.82) is 0 Å². The maximum Gasteiger partial charge on any atom is 0.200 e. The standard InChI is InChI=1S/C3H3N2S2/c1-2-4-3(6)7-5-2/h1H3. The molecule has 0 aliphatic carbocycles. The summed E-state index contributed by atoms with van der Waals surface area (Å²) < 4.78 is 4.47. The Morgan fingerprint density at radius 2 is 2.43 bits per heavy atom. The van der Waals surface area contributed by atoms with Crippen molar-refractivity contribution < 1.29 is 0 Å². The molecule has 0 aliphatic rings. The third-order valence-electron chi connectivity index (χ3n) is 0.509.